The van der Waals surface area contributed by atoms with Gasteiger partial charge in [0.1, 0.15) is 34.9 Å². The van der Waals surface area contributed by atoms with E-state index in [-0.39, 0.29) is 29.1 Å². The van der Waals surface area contributed by atoms with Gasteiger partial charge in [0.2, 0.25) is 8.32 Å². The maximum absolute atomic E-state index is 13.2. The third-order valence-corrected chi connectivity index (χ3v) is 19.5. The van der Waals surface area contributed by atoms with Gasteiger partial charge >= 0.3 is 0 Å². The van der Waals surface area contributed by atoms with Gasteiger partial charge in [-0.05, 0) is 69.7 Å². The minimum atomic E-state index is -2.55. The standard InChI is InChI=1S/C47H55N5O6SSi/c1-30(2)60(31(3)4,32(5)6)58-42-41(53)39(59-46(42)52-29-50-40-43(48-28-49-44(40)52)51-45(54)33-15-11-9-12-16-33)27-57-47(34-17-13-10-14-18-34,35-19-23-37(55-7)24-20-35)36-21-25-38(56-8)26-22-36/h9-26,28-32,39,41-42,46,53H,27H2,1-8H3,(H,48,49,51,54)/t39-,41-,42-,46-/m1/s1. The lowest BCUT2D eigenvalue weighted by Gasteiger charge is -2.45. The second-order valence-corrected chi connectivity index (χ2v) is 22.9. The lowest BCUT2D eigenvalue weighted by molar-refractivity contribution is -0.0243. The summed E-state index contributed by atoms with van der Waals surface area (Å²) in [6.07, 6.45) is 1.58. The number of hydrogen-bond donors (Lipinski definition) is 2. The van der Waals surface area contributed by atoms with E-state index in [1.165, 1.54) is 6.33 Å². The first-order chi connectivity index (χ1) is 28.9. The Morgan fingerprint density at radius 2 is 1.30 bits per heavy atom. The van der Waals surface area contributed by atoms with Crippen molar-refractivity contribution in [1.29, 1.82) is 0 Å². The van der Waals surface area contributed by atoms with Gasteiger partial charge in [-0.1, -0.05) is 114 Å². The van der Waals surface area contributed by atoms with Gasteiger partial charge in [-0.15, -0.1) is 11.8 Å². The number of aliphatic hydroxyl groups excluding tert-OH is 1. The Labute approximate surface area is 358 Å². The number of fused-ring (bicyclic) bond motifs is 1. The summed E-state index contributed by atoms with van der Waals surface area (Å²) in [4.78, 5) is 27.1. The van der Waals surface area contributed by atoms with E-state index < -0.39 is 36.8 Å². The molecule has 6 aromatic rings. The van der Waals surface area contributed by atoms with E-state index in [0.717, 1.165) is 28.2 Å². The van der Waals surface area contributed by atoms with E-state index in [9.17, 15) is 9.90 Å². The largest absolute Gasteiger partial charge is 0.497 e. The molecule has 7 rings (SSSR count). The minimum Gasteiger partial charge on any atom is -0.497 e. The molecular formula is C47H55N5O6SSi. The molecule has 60 heavy (non-hydrogen) atoms. The van der Waals surface area contributed by atoms with Crippen LogP contribution in [0.1, 0.15) is 74.0 Å². The topological polar surface area (TPSA) is 130 Å². The van der Waals surface area contributed by atoms with Crippen LogP contribution in [0.25, 0.3) is 11.2 Å². The van der Waals surface area contributed by atoms with Crippen LogP contribution < -0.4 is 14.8 Å². The predicted octanol–water partition coefficient (Wildman–Crippen LogP) is 9.64. The normalized spacial score (nSPS) is 18.4. The van der Waals surface area contributed by atoms with Crippen molar-refractivity contribution in [2.24, 2.45) is 0 Å². The van der Waals surface area contributed by atoms with Gasteiger partial charge in [-0.25, -0.2) is 15.0 Å². The Kier molecular flexibility index (Phi) is 13.1. The number of carbonyl (C=O) groups excluding carboxylic acids is 1. The maximum Gasteiger partial charge on any atom is 0.256 e. The molecule has 0 bridgehead atoms. The lowest BCUT2D eigenvalue weighted by atomic mass is 9.80. The van der Waals surface area contributed by atoms with E-state index >= 15 is 0 Å². The summed E-state index contributed by atoms with van der Waals surface area (Å²) in [6.45, 7) is 13.6. The molecule has 1 amide bonds. The number of nitrogens with zero attached hydrogens (tertiary/aromatic N) is 4. The molecule has 2 aromatic heterocycles. The van der Waals surface area contributed by atoms with Gasteiger partial charge < -0.3 is 29.1 Å². The van der Waals surface area contributed by atoms with Crippen LogP contribution in [0.5, 0.6) is 11.5 Å². The molecule has 4 aromatic carbocycles. The molecule has 2 N–H and O–H groups in total. The zero-order valence-corrected chi connectivity index (χ0v) is 37.3. The van der Waals surface area contributed by atoms with E-state index in [2.05, 4.69) is 64.0 Å². The molecule has 0 aliphatic carbocycles. The fourth-order valence-corrected chi connectivity index (χ4v) is 16.2. The molecule has 0 saturated carbocycles. The SMILES string of the molecule is COc1ccc(C(OC[C@H]2S[C@@H](n3cnc4c(NC(=O)c5ccccc5)ncnc43)[C@H](O[Si](C(C)C)(C(C)C)C(C)C)[C@@H]2O)(c2ccccc2)c2ccc(OC)cc2)cc1. The molecule has 0 spiro atoms. The Bertz CT molecular complexity index is 2280. The smallest absolute Gasteiger partial charge is 0.256 e. The second-order valence-electron chi connectivity index (χ2n) is 16.1. The number of ether oxygens (including phenoxy) is 3. The summed E-state index contributed by atoms with van der Waals surface area (Å²) < 4.78 is 28.0. The zero-order chi connectivity index (χ0) is 42.6. The van der Waals surface area contributed by atoms with Crippen LogP contribution in [-0.4, -0.2) is 77.1 Å². The third-order valence-electron chi connectivity index (χ3n) is 11.9. The van der Waals surface area contributed by atoms with E-state index in [0.29, 0.717) is 22.5 Å². The van der Waals surface area contributed by atoms with Crippen LogP contribution in [0.4, 0.5) is 5.82 Å². The number of imidazole rings is 1. The summed E-state index contributed by atoms with van der Waals surface area (Å²) in [5, 5.41) is 14.7. The van der Waals surface area contributed by atoms with E-state index in [4.69, 9.17) is 28.6 Å². The molecule has 1 aliphatic rings. The minimum absolute atomic E-state index is 0.161. The number of anilines is 1. The Hall–Kier alpha value is -5.05. The first-order valence-electron chi connectivity index (χ1n) is 20.5. The highest BCUT2D eigenvalue weighted by Gasteiger charge is 2.54. The van der Waals surface area contributed by atoms with Crippen molar-refractivity contribution in [3.05, 3.63) is 144 Å². The fraction of sp³-hybridized carbons (Fsp3) is 0.362. The van der Waals surface area contributed by atoms with Crippen molar-refractivity contribution in [2.75, 3.05) is 26.1 Å². The summed E-state index contributed by atoms with van der Waals surface area (Å²) in [6, 6.07) is 35.0. The number of carbonyl (C=O) groups is 1. The van der Waals surface area contributed by atoms with Crippen LogP contribution >= 0.6 is 11.8 Å². The van der Waals surface area contributed by atoms with E-state index in [1.807, 2.05) is 89.5 Å². The highest BCUT2D eigenvalue weighted by molar-refractivity contribution is 8.00. The quantitative estimate of drug-likeness (QED) is 0.0718. The number of aliphatic hydroxyl groups is 1. The highest BCUT2D eigenvalue weighted by atomic mass is 32.2. The average molecular weight is 846 g/mol. The summed E-state index contributed by atoms with van der Waals surface area (Å²) in [5.41, 5.74) is 3.91. The third kappa shape index (κ3) is 8.08. The molecule has 3 heterocycles. The van der Waals surface area contributed by atoms with Crippen molar-refractivity contribution < 1.29 is 28.5 Å². The first-order valence-corrected chi connectivity index (χ1v) is 23.6. The van der Waals surface area contributed by atoms with Crippen molar-refractivity contribution in [3.63, 3.8) is 0 Å². The van der Waals surface area contributed by atoms with Gasteiger partial charge in [0.05, 0.1) is 38.5 Å². The van der Waals surface area contributed by atoms with Gasteiger partial charge in [0.25, 0.3) is 5.91 Å². The molecular weight excluding hydrogens is 791 g/mol. The number of aromatic nitrogens is 4. The fourth-order valence-electron chi connectivity index (χ4n) is 9.03. The van der Waals surface area contributed by atoms with Crippen LogP contribution in [0.2, 0.25) is 16.6 Å². The predicted molar refractivity (Wildman–Crippen MR) is 240 cm³/mol. The molecule has 13 heteroatoms. The second kappa shape index (κ2) is 18.3. The van der Waals surface area contributed by atoms with Crippen LogP contribution in [-0.2, 0) is 14.8 Å². The van der Waals surface area contributed by atoms with Gasteiger partial charge in [-0.2, -0.15) is 0 Å². The number of benzene rings is 4. The van der Waals surface area contributed by atoms with Crippen LogP contribution in [0.3, 0.4) is 0 Å². The molecule has 0 unspecified atom stereocenters. The number of hydrogen-bond acceptors (Lipinski definition) is 10. The number of methoxy groups -OCH3 is 2. The maximum atomic E-state index is 13.2. The number of amides is 1. The van der Waals surface area contributed by atoms with Crippen molar-refractivity contribution in [1.82, 2.24) is 19.5 Å². The lowest BCUT2D eigenvalue weighted by Crippen LogP contribution is -2.53. The molecule has 1 saturated heterocycles. The van der Waals surface area contributed by atoms with Gasteiger partial charge in [0, 0.05) is 5.56 Å². The van der Waals surface area contributed by atoms with Gasteiger partial charge in [0.15, 0.2) is 17.0 Å². The number of rotatable bonds is 16. The van der Waals surface area contributed by atoms with Crippen LogP contribution in [0.15, 0.2) is 122 Å². The van der Waals surface area contributed by atoms with Crippen LogP contribution in [0, 0.1) is 0 Å². The highest BCUT2D eigenvalue weighted by Crippen LogP contribution is 2.52. The Balaban J connectivity index is 1.31. The summed E-state index contributed by atoms with van der Waals surface area (Å²) >= 11 is 1.59. The summed E-state index contributed by atoms with van der Waals surface area (Å²) in [5.74, 6) is 1.46. The molecule has 1 aliphatic heterocycles. The number of nitrogens with one attached hydrogen (secondary N) is 1. The Morgan fingerprint density at radius 1 is 0.767 bits per heavy atom. The Morgan fingerprint density at radius 3 is 1.83 bits per heavy atom. The van der Waals surface area contributed by atoms with E-state index in [1.54, 1.807) is 44.4 Å². The zero-order valence-electron chi connectivity index (χ0n) is 35.5. The molecule has 4 atom stereocenters. The molecule has 1 fully saturated rings. The van der Waals surface area contributed by atoms with Gasteiger partial charge in [-0.3, -0.25) is 9.36 Å². The first kappa shape index (κ1) is 43.0. The number of thioether (sulfide) groups is 1. The average Bonchev–Trinajstić information content (AvgIpc) is 3.84. The monoisotopic (exact) mass is 845 g/mol. The summed E-state index contributed by atoms with van der Waals surface area (Å²) in [7, 11) is 0.752. The van der Waals surface area contributed by atoms with Crippen molar-refractivity contribution in [2.45, 2.75) is 86.6 Å². The molecule has 0 radical (unpaired) electrons. The van der Waals surface area contributed by atoms with Crippen molar-refractivity contribution in [3.8, 4) is 11.5 Å². The van der Waals surface area contributed by atoms with Crippen molar-refractivity contribution >= 4 is 43.0 Å². The molecule has 11 nitrogen and oxygen atoms in total. The molecule has 314 valence electrons.